The van der Waals surface area contributed by atoms with Gasteiger partial charge >= 0.3 is 0 Å². The molecule has 1 aromatic rings. The fraction of sp³-hybridized carbons (Fsp3) is 0.571. The van der Waals surface area contributed by atoms with Crippen LogP contribution in [0.3, 0.4) is 0 Å². The van der Waals surface area contributed by atoms with Crippen LogP contribution in [0.5, 0.6) is 0 Å². The van der Waals surface area contributed by atoms with Crippen LogP contribution in [0.1, 0.15) is 30.7 Å². The summed E-state index contributed by atoms with van der Waals surface area (Å²) in [6.07, 6.45) is 2.54. The zero-order chi connectivity index (χ0) is 13.1. The predicted octanol–water partition coefficient (Wildman–Crippen LogP) is 5.01. The van der Waals surface area contributed by atoms with Crippen LogP contribution in [0.4, 0.5) is 0 Å². The van der Waals surface area contributed by atoms with Gasteiger partial charge in [0.2, 0.25) is 0 Å². The Bertz CT molecular complexity index is 400. The number of likely N-dealkylation sites (tertiary alicyclic amines) is 1. The average molecular weight is 307 g/mol. The minimum Gasteiger partial charge on any atom is -0.302 e. The molecule has 100 valence electrons. The van der Waals surface area contributed by atoms with E-state index < -0.39 is 0 Å². The van der Waals surface area contributed by atoms with E-state index in [4.69, 9.17) is 34.8 Å². The van der Waals surface area contributed by atoms with Crippen LogP contribution < -0.4 is 0 Å². The highest BCUT2D eigenvalue weighted by Gasteiger charge is 2.19. The Kier molecular flexibility index (Phi) is 5.20. The molecule has 0 aliphatic carbocycles. The lowest BCUT2D eigenvalue weighted by Crippen LogP contribution is -2.35. The van der Waals surface area contributed by atoms with E-state index in [0.717, 1.165) is 31.1 Å². The third-order valence-corrected chi connectivity index (χ3v) is 4.73. The Morgan fingerprint density at radius 2 is 1.89 bits per heavy atom. The lowest BCUT2D eigenvalue weighted by Gasteiger charge is -2.31. The Morgan fingerprint density at radius 1 is 1.22 bits per heavy atom. The molecule has 0 N–H and O–H groups in total. The molecular formula is C14H18Cl3N. The molecule has 0 amide bonds. The summed E-state index contributed by atoms with van der Waals surface area (Å²) in [5.74, 6) is 0.847. The Balaban J connectivity index is 1.94. The van der Waals surface area contributed by atoms with Gasteiger partial charge < -0.3 is 4.90 Å². The first-order valence-electron chi connectivity index (χ1n) is 6.37. The monoisotopic (exact) mass is 305 g/mol. The molecule has 1 heterocycles. The maximum atomic E-state index is 6.46. The topological polar surface area (TPSA) is 3.24 Å². The average Bonchev–Trinajstić information content (AvgIpc) is 2.35. The zero-order valence-electron chi connectivity index (χ0n) is 10.5. The second kappa shape index (κ2) is 6.47. The molecule has 1 fully saturated rings. The van der Waals surface area contributed by atoms with Gasteiger partial charge in [0.25, 0.3) is 0 Å². The lowest BCUT2D eigenvalue weighted by atomic mass is 9.99. The van der Waals surface area contributed by atoms with Crippen molar-refractivity contribution in [2.24, 2.45) is 5.92 Å². The van der Waals surface area contributed by atoms with Crippen molar-refractivity contribution in [1.82, 2.24) is 4.90 Å². The first kappa shape index (κ1) is 14.5. The van der Waals surface area contributed by atoms with Crippen molar-refractivity contribution in [3.05, 3.63) is 33.8 Å². The zero-order valence-corrected chi connectivity index (χ0v) is 12.8. The number of hydrogen-bond donors (Lipinski definition) is 0. The summed E-state index contributed by atoms with van der Waals surface area (Å²) < 4.78 is 0. The van der Waals surface area contributed by atoms with E-state index in [0.29, 0.717) is 10.0 Å². The number of nitrogens with zero attached hydrogens (tertiary/aromatic N) is 1. The Hall–Kier alpha value is 0.0500. The van der Waals surface area contributed by atoms with Gasteiger partial charge in [0, 0.05) is 6.54 Å². The van der Waals surface area contributed by atoms with E-state index in [1.807, 2.05) is 18.2 Å². The minimum absolute atomic E-state index is 0.0202. The molecule has 4 heteroatoms. The van der Waals surface area contributed by atoms with Crippen LogP contribution in [-0.4, -0.2) is 24.5 Å². The van der Waals surface area contributed by atoms with Crippen molar-refractivity contribution in [2.45, 2.75) is 25.1 Å². The molecule has 1 nitrogen and oxygen atoms in total. The van der Waals surface area contributed by atoms with Crippen molar-refractivity contribution < 1.29 is 0 Å². The summed E-state index contributed by atoms with van der Waals surface area (Å²) in [6.45, 7) is 5.48. The number of hydrogen-bond acceptors (Lipinski definition) is 1. The van der Waals surface area contributed by atoms with E-state index in [2.05, 4.69) is 11.8 Å². The SMILES string of the molecule is CC1CCN(CC(Cl)c2ccc(Cl)c(Cl)c2)CC1. The highest BCUT2D eigenvalue weighted by molar-refractivity contribution is 6.42. The number of piperidine rings is 1. The summed E-state index contributed by atoms with van der Waals surface area (Å²) in [6, 6.07) is 5.64. The van der Waals surface area contributed by atoms with Crippen LogP contribution in [0.2, 0.25) is 10.0 Å². The van der Waals surface area contributed by atoms with Gasteiger partial charge in [0.05, 0.1) is 15.4 Å². The van der Waals surface area contributed by atoms with E-state index in [-0.39, 0.29) is 5.38 Å². The maximum absolute atomic E-state index is 6.46. The molecule has 2 rings (SSSR count). The van der Waals surface area contributed by atoms with Gasteiger partial charge in [-0.05, 0) is 49.5 Å². The smallest absolute Gasteiger partial charge is 0.0712 e. The summed E-state index contributed by atoms with van der Waals surface area (Å²) in [4.78, 5) is 2.43. The standard InChI is InChI=1S/C14H18Cl3N/c1-10-4-6-18(7-5-10)9-14(17)11-2-3-12(15)13(16)8-11/h2-3,8,10,14H,4-7,9H2,1H3. The summed E-state index contributed by atoms with van der Waals surface area (Å²) in [5.41, 5.74) is 1.05. The van der Waals surface area contributed by atoms with Gasteiger partial charge in [0.15, 0.2) is 0 Å². The van der Waals surface area contributed by atoms with Crippen LogP contribution in [0.15, 0.2) is 18.2 Å². The number of benzene rings is 1. The Morgan fingerprint density at radius 3 is 2.50 bits per heavy atom. The highest BCUT2D eigenvalue weighted by Crippen LogP contribution is 2.29. The second-order valence-electron chi connectivity index (χ2n) is 5.12. The number of halogens is 3. The molecule has 0 radical (unpaired) electrons. The number of rotatable bonds is 3. The predicted molar refractivity (Wildman–Crippen MR) is 79.9 cm³/mol. The van der Waals surface area contributed by atoms with Crippen molar-refractivity contribution in [3.63, 3.8) is 0 Å². The van der Waals surface area contributed by atoms with Crippen molar-refractivity contribution in [2.75, 3.05) is 19.6 Å². The van der Waals surface area contributed by atoms with E-state index in [1.165, 1.54) is 12.8 Å². The minimum atomic E-state index is -0.0202. The number of alkyl halides is 1. The molecule has 1 saturated heterocycles. The van der Waals surface area contributed by atoms with Crippen LogP contribution in [-0.2, 0) is 0 Å². The fourth-order valence-corrected chi connectivity index (χ4v) is 2.92. The lowest BCUT2D eigenvalue weighted by molar-refractivity contribution is 0.192. The first-order valence-corrected chi connectivity index (χ1v) is 7.57. The van der Waals surface area contributed by atoms with Gasteiger partial charge in [-0.15, -0.1) is 11.6 Å². The molecular weight excluding hydrogens is 289 g/mol. The normalized spacial score (nSPS) is 20.0. The summed E-state index contributed by atoms with van der Waals surface area (Å²) >= 11 is 18.4. The van der Waals surface area contributed by atoms with Crippen LogP contribution in [0, 0.1) is 5.92 Å². The van der Waals surface area contributed by atoms with Crippen molar-refractivity contribution in [1.29, 1.82) is 0 Å². The first-order chi connectivity index (χ1) is 8.56. The maximum Gasteiger partial charge on any atom is 0.0712 e. The highest BCUT2D eigenvalue weighted by atomic mass is 35.5. The molecule has 0 saturated carbocycles. The molecule has 1 aromatic carbocycles. The molecule has 0 spiro atoms. The molecule has 0 bridgehead atoms. The molecule has 18 heavy (non-hydrogen) atoms. The quantitative estimate of drug-likeness (QED) is 0.710. The second-order valence-corrected chi connectivity index (χ2v) is 6.47. The summed E-state index contributed by atoms with van der Waals surface area (Å²) in [7, 11) is 0. The largest absolute Gasteiger partial charge is 0.302 e. The van der Waals surface area contributed by atoms with Crippen LogP contribution in [0.25, 0.3) is 0 Å². The fourth-order valence-electron chi connectivity index (χ4n) is 2.28. The van der Waals surface area contributed by atoms with Gasteiger partial charge in [-0.2, -0.15) is 0 Å². The summed E-state index contributed by atoms with van der Waals surface area (Å²) in [5, 5.41) is 1.14. The van der Waals surface area contributed by atoms with Crippen molar-refractivity contribution >= 4 is 34.8 Å². The van der Waals surface area contributed by atoms with Crippen molar-refractivity contribution in [3.8, 4) is 0 Å². The van der Waals surface area contributed by atoms with Gasteiger partial charge in [-0.25, -0.2) is 0 Å². The molecule has 1 aliphatic heterocycles. The third-order valence-electron chi connectivity index (χ3n) is 3.60. The van der Waals surface area contributed by atoms with Gasteiger partial charge in [0.1, 0.15) is 0 Å². The Labute approximate surface area is 124 Å². The molecule has 1 atom stereocenters. The van der Waals surface area contributed by atoms with Crippen LogP contribution >= 0.6 is 34.8 Å². The van der Waals surface area contributed by atoms with Gasteiger partial charge in [-0.1, -0.05) is 36.2 Å². The van der Waals surface area contributed by atoms with E-state index in [9.17, 15) is 0 Å². The third kappa shape index (κ3) is 3.77. The molecule has 1 unspecified atom stereocenters. The molecule has 1 aliphatic rings. The van der Waals surface area contributed by atoms with E-state index in [1.54, 1.807) is 0 Å². The van der Waals surface area contributed by atoms with E-state index >= 15 is 0 Å². The molecule has 0 aromatic heterocycles. The van der Waals surface area contributed by atoms with Gasteiger partial charge in [-0.3, -0.25) is 0 Å².